The number of pyridine rings is 1. The van der Waals surface area contributed by atoms with Crippen LogP contribution in [0.1, 0.15) is 12.0 Å². The predicted molar refractivity (Wildman–Crippen MR) is 72.2 cm³/mol. The summed E-state index contributed by atoms with van der Waals surface area (Å²) >= 11 is 3.35. The van der Waals surface area contributed by atoms with Gasteiger partial charge in [0.15, 0.2) is 0 Å². The number of carbonyl (C=O) groups is 1. The number of hydrogen-bond acceptors (Lipinski definition) is 4. The first kappa shape index (κ1) is 13.8. The van der Waals surface area contributed by atoms with Crippen LogP contribution in [-0.2, 0) is 13.8 Å². The van der Waals surface area contributed by atoms with E-state index in [-0.39, 0.29) is 18.9 Å². The van der Waals surface area contributed by atoms with E-state index in [1.165, 1.54) is 4.90 Å². The van der Waals surface area contributed by atoms with Crippen molar-refractivity contribution < 1.29 is 13.2 Å². The first-order valence-electron chi connectivity index (χ1n) is 5.15. The molecule has 0 spiro atoms. The molecule has 2 heterocycles. The fraction of sp³-hybridized carbons (Fsp3) is 0.400. The van der Waals surface area contributed by atoms with E-state index in [0.29, 0.717) is 10.3 Å². The molecule has 1 aromatic heterocycles. The lowest BCUT2D eigenvalue weighted by atomic mass is 10.3. The van der Waals surface area contributed by atoms with Gasteiger partial charge < -0.3 is 0 Å². The Morgan fingerprint density at radius 3 is 2.78 bits per heavy atom. The quantitative estimate of drug-likeness (QED) is 0.761. The number of nitrogens with zero attached hydrogens (tertiary/aromatic N) is 2. The normalized spacial score (nSPS) is 20.5. The van der Waals surface area contributed by atoms with Crippen molar-refractivity contribution in [3.8, 4) is 0 Å². The Hall–Kier alpha value is -0.660. The van der Waals surface area contributed by atoms with Crippen LogP contribution in [0.3, 0.4) is 0 Å². The molecule has 1 aromatic rings. The summed E-state index contributed by atoms with van der Waals surface area (Å²) in [4.78, 5) is 17.3. The van der Waals surface area contributed by atoms with Gasteiger partial charge in [-0.25, -0.2) is 13.4 Å². The van der Waals surface area contributed by atoms with E-state index < -0.39 is 14.3 Å². The van der Waals surface area contributed by atoms with Gasteiger partial charge in [-0.1, -0.05) is 0 Å². The lowest BCUT2D eigenvalue weighted by Gasteiger charge is -2.17. The van der Waals surface area contributed by atoms with Crippen molar-refractivity contribution >= 4 is 47.4 Å². The highest BCUT2D eigenvalue weighted by Gasteiger charge is 2.39. The van der Waals surface area contributed by atoms with E-state index in [1.54, 1.807) is 12.3 Å². The van der Waals surface area contributed by atoms with Crippen molar-refractivity contribution in [3.05, 3.63) is 22.3 Å². The molecule has 1 saturated heterocycles. The molecule has 2 rings (SSSR count). The Kier molecular flexibility index (Phi) is 3.66. The van der Waals surface area contributed by atoms with E-state index in [0.717, 1.165) is 5.56 Å². The first-order chi connectivity index (χ1) is 8.30. The Balaban J connectivity index is 2.36. The standard InChI is InChI=1S/C10H10BrClN2O3S/c1-6-2-3-13-10(9(6)11)14-5-7(4-8(14)15)18(12,16)17/h2-3,7H,4-5H2,1H3. The molecule has 1 unspecified atom stereocenters. The van der Waals surface area contributed by atoms with Crippen molar-refractivity contribution in [1.29, 1.82) is 0 Å². The van der Waals surface area contributed by atoms with Crippen LogP contribution in [-0.4, -0.2) is 31.1 Å². The molecule has 1 aliphatic heterocycles. The minimum Gasteiger partial charge on any atom is -0.294 e. The Bertz CT molecular complexity index is 605. The second kappa shape index (κ2) is 4.79. The van der Waals surface area contributed by atoms with Gasteiger partial charge in [0.25, 0.3) is 0 Å². The lowest BCUT2D eigenvalue weighted by Crippen LogP contribution is -2.28. The fourth-order valence-corrected chi connectivity index (χ4v) is 3.26. The Labute approximate surface area is 118 Å². The molecule has 5 nitrogen and oxygen atoms in total. The van der Waals surface area contributed by atoms with Crippen molar-refractivity contribution in [2.75, 3.05) is 11.4 Å². The van der Waals surface area contributed by atoms with E-state index in [1.807, 2.05) is 6.92 Å². The van der Waals surface area contributed by atoms with Gasteiger partial charge >= 0.3 is 0 Å². The van der Waals surface area contributed by atoms with Crippen LogP contribution in [0.25, 0.3) is 0 Å². The molecule has 1 aliphatic rings. The van der Waals surface area contributed by atoms with Gasteiger partial charge in [-0.3, -0.25) is 9.69 Å². The molecule has 18 heavy (non-hydrogen) atoms. The first-order valence-corrected chi connectivity index (χ1v) is 8.32. The van der Waals surface area contributed by atoms with Gasteiger partial charge in [-0.2, -0.15) is 0 Å². The molecule has 1 fully saturated rings. The van der Waals surface area contributed by atoms with Crippen molar-refractivity contribution in [3.63, 3.8) is 0 Å². The predicted octanol–water partition coefficient (Wildman–Crippen LogP) is 1.83. The number of amides is 1. The van der Waals surface area contributed by atoms with Crippen LogP contribution in [0.2, 0.25) is 0 Å². The van der Waals surface area contributed by atoms with E-state index >= 15 is 0 Å². The topological polar surface area (TPSA) is 67.3 Å². The highest BCUT2D eigenvalue weighted by atomic mass is 79.9. The lowest BCUT2D eigenvalue weighted by molar-refractivity contribution is -0.117. The molecule has 0 saturated carbocycles. The summed E-state index contributed by atoms with van der Waals surface area (Å²) in [5.41, 5.74) is 0.921. The van der Waals surface area contributed by atoms with E-state index in [9.17, 15) is 13.2 Å². The zero-order valence-electron chi connectivity index (χ0n) is 9.43. The van der Waals surface area contributed by atoms with Crippen LogP contribution in [0.5, 0.6) is 0 Å². The van der Waals surface area contributed by atoms with Gasteiger partial charge in [-0.05, 0) is 34.5 Å². The molecule has 0 radical (unpaired) electrons. The van der Waals surface area contributed by atoms with Crippen molar-refractivity contribution in [1.82, 2.24) is 4.98 Å². The third-order valence-corrected chi connectivity index (χ3v) is 5.66. The third-order valence-electron chi connectivity index (χ3n) is 2.81. The Morgan fingerprint density at radius 1 is 1.56 bits per heavy atom. The van der Waals surface area contributed by atoms with E-state index in [2.05, 4.69) is 20.9 Å². The van der Waals surface area contributed by atoms with Crippen LogP contribution in [0.4, 0.5) is 5.82 Å². The number of aromatic nitrogens is 1. The maximum Gasteiger partial charge on any atom is 0.237 e. The van der Waals surface area contributed by atoms with Crippen LogP contribution in [0, 0.1) is 6.92 Å². The number of carbonyl (C=O) groups excluding carboxylic acids is 1. The molecule has 8 heteroatoms. The third kappa shape index (κ3) is 2.53. The summed E-state index contributed by atoms with van der Waals surface area (Å²) in [7, 11) is 1.56. The van der Waals surface area contributed by atoms with Crippen molar-refractivity contribution in [2.24, 2.45) is 0 Å². The number of halogens is 2. The molecule has 0 N–H and O–H groups in total. The summed E-state index contributed by atoms with van der Waals surface area (Å²) in [6, 6.07) is 1.80. The zero-order chi connectivity index (χ0) is 13.5. The van der Waals surface area contributed by atoms with Gasteiger partial charge in [-0.15, -0.1) is 0 Å². The molecule has 1 atom stereocenters. The number of rotatable bonds is 2. The second-order valence-electron chi connectivity index (χ2n) is 4.07. The van der Waals surface area contributed by atoms with E-state index in [4.69, 9.17) is 10.7 Å². The van der Waals surface area contributed by atoms with Crippen LogP contribution < -0.4 is 4.90 Å². The molecule has 98 valence electrons. The highest BCUT2D eigenvalue weighted by molar-refractivity contribution is 9.10. The monoisotopic (exact) mass is 352 g/mol. The molecule has 1 amide bonds. The average Bonchev–Trinajstić information content (AvgIpc) is 2.64. The molecule has 0 aliphatic carbocycles. The van der Waals surface area contributed by atoms with Gasteiger partial charge in [0, 0.05) is 29.8 Å². The largest absolute Gasteiger partial charge is 0.294 e. The molecule has 0 aromatic carbocycles. The molecular weight excluding hydrogens is 344 g/mol. The summed E-state index contributed by atoms with van der Waals surface area (Å²) in [5, 5.41) is -0.874. The second-order valence-corrected chi connectivity index (χ2v) is 7.77. The highest BCUT2D eigenvalue weighted by Crippen LogP contribution is 2.31. The minimum atomic E-state index is -3.73. The van der Waals surface area contributed by atoms with Gasteiger partial charge in [0.1, 0.15) is 11.1 Å². The summed E-state index contributed by atoms with van der Waals surface area (Å²) < 4.78 is 23.2. The number of anilines is 1. The Morgan fingerprint density at radius 2 is 2.22 bits per heavy atom. The smallest absolute Gasteiger partial charge is 0.237 e. The number of hydrogen-bond donors (Lipinski definition) is 0. The van der Waals surface area contributed by atoms with Gasteiger partial charge in [0.05, 0.1) is 4.47 Å². The van der Waals surface area contributed by atoms with Crippen molar-refractivity contribution in [2.45, 2.75) is 18.6 Å². The van der Waals surface area contributed by atoms with Gasteiger partial charge in [0.2, 0.25) is 15.0 Å². The SMILES string of the molecule is Cc1ccnc(N2CC(S(=O)(=O)Cl)CC2=O)c1Br. The summed E-state index contributed by atoms with van der Waals surface area (Å²) in [6.07, 6.45) is 1.47. The summed E-state index contributed by atoms with van der Waals surface area (Å²) in [5.74, 6) is 0.144. The fourth-order valence-electron chi connectivity index (χ4n) is 1.78. The maximum absolute atomic E-state index is 11.8. The van der Waals surface area contributed by atoms with Crippen LogP contribution in [0.15, 0.2) is 16.7 Å². The molecular formula is C10H10BrClN2O3S. The summed E-state index contributed by atoms with van der Waals surface area (Å²) in [6.45, 7) is 1.91. The van der Waals surface area contributed by atoms with Crippen LogP contribution >= 0.6 is 26.6 Å². The average molecular weight is 354 g/mol. The molecule has 0 bridgehead atoms. The minimum absolute atomic E-state index is 0.0414. The maximum atomic E-state index is 11.8. The number of aryl methyl sites for hydroxylation is 1. The zero-order valence-corrected chi connectivity index (χ0v) is 12.6.